The lowest BCUT2D eigenvalue weighted by Crippen LogP contribution is -2.28. The molecule has 1 aromatic rings. The summed E-state index contributed by atoms with van der Waals surface area (Å²) in [4.78, 5) is 0. The van der Waals surface area contributed by atoms with E-state index in [0.717, 1.165) is 0 Å². The van der Waals surface area contributed by atoms with E-state index in [1.807, 2.05) is 20.8 Å². The molecule has 0 saturated heterocycles. The van der Waals surface area contributed by atoms with Crippen molar-refractivity contribution in [3.8, 4) is 5.75 Å². The molecule has 0 heterocycles. The van der Waals surface area contributed by atoms with Crippen LogP contribution in [-0.4, -0.2) is 6.36 Å². The first-order chi connectivity index (χ1) is 7.61. The van der Waals surface area contributed by atoms with E-state index in [1.54, 1.807) is 12.1 Å². The molecule has 1 atom stereocenters. The van der Waals surface area contributed by atoms with Gasteiger partial charge in [-0.3, -0.25) is 0 Å². The Hall–Kier alpha value is -1.23. The van der Waals surface area contributed by atoms with Crippen molar-refractivity contribution >= 4 is 0 Å². The second-order valence-corrected chi connectivity index (χ2v) is 4.93. The van der Waals surface area contributed by atoms with Crippen LogP contribution in [0.15, 0.2) is 24.3 Å². The lowest BCUT2D eigenvalue weighted by atomic mass is 9.83. The average molecular weight is 247 g/mol. The highest BCUT2D eigenvalue weighted by Crippen LogP contribution is 2.37. The van der Waals surface area contributed by atoms with Gasteiger partial charge in [-0.05, 0) is 11.5 Å². The van der Waals surface area contributed by atoms with Crippen LogP contribution >= 0.6 is 0 Å². The number of benzene rings is 1. The van der Waals surface area contributed by atoms with Crippen LogP contribution in [0.4, 0.5) is 13.2 Å². The average Bonchev–Trinajstić information content (AvgIpc) is 2.13. The summed E-state index contributed by atoms with van der Waals surface area (Å²) in [6, 6.07) is 5.43. The molecule has 0 aliphatic heterocycles. The van der Waals surface area contributed by atoms with Gasteiger partial charge >= 0.3 is 6.36 Å². The van der Waals surface area contributed by atoms with E-state index in [1.165, 1.54) is 12.1 Å². The molecule has 0 unspecified atom stereocenters. The molecule has 0 bridgehead atoms. The number of alkyl halides is 3. The van der Waals surface area contributed by atoms with Crippen LogP contribution in [0.2, 0.25) is 0 Å². The van der Waals surface area contributed by atoms with Crippen LogP contribution in [0.3, 0.4) is 0 Å². The Morgan fingerprint density at radius 2 is 1.65 bits per heavy atom. The molecule has 2 N–H and O–H groups in total. The summed E-state index contributed by atoms with van der Waals surface area (Å²) in [6.45, 7) is 5.59. The van der Waals surface area contributed by atoms with Gasteiger partial charge in [-0.1, -0.05) is 39.0 Å². The molecule has 0 fully saturated rings. The summed E-state index contributed by atoms with van der Waals surface area (Å²) in [5, 5.41) is 0. The zero-order valence-electron chi connectivity index (χ0n) is 10.0. The van der Waals surface area contributed by atoms with E-state index in [9.17, 15) is 13.2 Å². The van der Waals surface area contributed by atoms with Gasteiger partial charge in [-0.25, -0.2) is 0 Å². The molecule has 0 aliphatic rings. The highest BCUT2D eigenvalue weighted by Gasteiger charge is 2.34. The molecule has 0 radical (unpaired) electrons. The first-order valence-electron chi connectivity index (χ1n) is 5.21. The van der Waals surface area contributed by atoms with Crippen LogP contribution < -0.4 is 10.5 Å². The van der Waals surface area contributed by atoms with Gasteiger partial charge in [-0.2, -0.15) is 0 Å². The fraction of sp³-hybridized carbons (Fsp3) is 0.500. The van der Waals surface area contributed by atoms with Crippen molar-refractivity contribution < 1.29 is 17.9 Å². The smallest absolute Gasteiger partial charge is 0.405 e. The fourth-order valence-corrected chi connectivity index (χ4v) is 1.42. The van der Waals surface area contributed by atoms with Gasteiger partial charge in [0.2, 0.25) is 0 Å². The van der Waals surface area contributed by atoms with Gasteiger partial charge in [0.25, 0.3) is 0 Å². The molecular weight excluding hydrogens is 231 g/mol. The summed E-state index contributed by atoms with van der Waals surface area (Å²) < 4.78 is 40.6. The minimum Gasteiger partial charge on any atom is -0.405 e. The third-order valence-corrected chi connectivity index (χ3v) is 2.41. The first-order valence-corrected chi connectivity index (χ1v) is 5.21. The Labute approximate surface area is 98.6 Å². The monoisotopic (exact) mass is 247 g/mol. The van der Waals surface area contributed by atoms with E-state index < -0.39 is 12.4 Å². The molecular formula is C12H16F3NO. The largest absolute Gasteiger partial charge is 0.573 e. The minimum absolute atomic E-state index is 0.234. The molecule has 0 spiro atoms. The Bertz CT molecular complexity index is 382. The van der Waals surface area contributed by atoms with Crippen molar-refractivity contribution in [2.75, 3.05) is 0 Å². The molecule has 1 aromatic carbocycles. The maximum absolute atomic E-state index is 12.2. The predicted molar refractivity (Wildman–Crippen MR) is 59.5 cm³/mol. The van der Waals surface area contributed by atoms with E-state index in [2.05, 4.69) is 4.74 Å². The summed E-state index contributed by atoms with van der Waals surface area (Å²) in [5.74, 6) is -0.234. The molecule has 2 nitrogen and oxygen atoms in total. The molecule has 0 saturated carbocycles. The summed E-state index contributed by atoms with van der Waals surface area (Å²) in [5.41, 5.74) is 5.96. The summed E-state index contributed by atoms with van der Waals surface area (Å²) in [7, 11) is 0. The lowest BCUT2D eigenvalue weighted by molar-refractivity contribution is -0.275. The van der Waals surface area contributed by atoms with Gasteiger partial charge in [-0.15, -0.1) is 13.2 Å². The molecule has 1 rings (SSSR count). The maximum Gasteiger partial charge on any atom is 0.573 e. The number of halogens is 3. The van der Waals surface area contributed by atoms with Gasteiger partial charge in [0.15, 0.2) is 0 Å². The second kappa shape index (κ2) is 4.56. The van der Waals surface area contributed by atoms with Crippen LogP contribution in [-0.2, 0) is 0 Å². The number of para-hydroxylation sites is 1. The topological polar surface area (TPSA) is 35.2 Å². The number of rotatable bonds is 2. The van der Waals surface area contributed by atoms with Crippen LogP contribution in [0.1, 0.15) is 32.4 Å². The van der Waals surface area contributed by atoms with Crippen LogP contribution in [0.5, 0.6) is 5.75 Å². The standard InChI is InChI=1S/C12H16F3NO/c1-11(2,3)10(16)8-6-4-5-7-9(8)17-12(13,14)15/h4-7,10H,16H2,1-3H3/t10-/m0/s1. The van der Waals surface area contributed by atoms with E-state index in [0.29, 0.717) is 5.56 Å². The van der Waals surface area contributed by atoms with E-state index in [4.69, 9.17) is 5.73 Å². The van der Waals surface area contributed by atoms with E-state index >= 15 is 0 Å². The van der Waals surface area contributed by atoms with Crippen molar-refractivity contribution in [3.63, 3.8) is 0 Å². The van der Waals surface area contributed by atoms with Crippen LogP contribution in [0.25, 0.3) is 0 Å². The molecule has 17 heavy (non-hydrogen) atoms. The van der Waals surface area contributed by atoms with Crippen molar-refractivity contribution in [3.05, 3.63) is 29.8 Å². The summed E-state index contributed by atoms with van der Waals surface area (Å²) >= 11 is 0. The van der Waals surface area contributed by atoms with Crippen molar-refractivity contribution in [2.24, 2.45) is 11.1 Å². The lowest BCUT2D eigenvalue weighted by Gasteiger charge is -2.28. The number of ether oxygens (including phenoxy) is 1. The van der Waals surface area contributed by atoms with Crippen molar-refractivity contribution in [1.82, 2.24) is 0 Å². The molecule has 96 valence electrons. The number of hydrogen-bond acceptors (Lipinski definition) is 2. The van der Waals surface area contributed by atoms with Crippen LogP contribution in [0, 0.1) is 5.41 Å². The quantitative estimate of drug-likeness (QED) is 0.866. The Morgan fingerprint density at radius 3 is 2.12 bits per heavy atom. The fourth-order valence-electron chi connectivity index (χ4n) is 1.42. The Balaban J connectivity index is 3.08. The van der Waals surface area contributed by atoms with Gasteiger partial charge in [0, 0.05) is 11.6 Å². The zero-order valence-corrected chi connectivity index (χ0v) is 10.0. The number of hydrogen-bond donors (Lipinski definition) is 1. The van der Waals surface area contributed by atoms with Gasteiger partial charge < -0.3 is 10.5 Å². The SMILES string of the molecule is CC(C)(C)[C@@H](N)c1ccccc1OC(F)(F)F. The minimum atomic E-state index is -4.70. The Kier molecular flexibility index (Phi) is 3.71. The third kappa shape index (κ3) is 3.93. The zero-order chi connectivity index (χ0) is 13.3. The molecule has 0 aromatic heterocycles. The van der Waals surface area contributed by atoms with Gasteiger partial charge in [0.1, 0.15) is 5.75 Å². The molecule has 0 aliphatic carbocycles. The maximum atomic E-state index is 12.2. The first kappa shape index (κ1) is 13.8. The predicted octanol–water partition coefficient (Wildman–Crippen LogP) is 3.63. The normalized spacial score (nSPS) is 14.5. The number of nitrogens with two attached hydrogens (primary N) is 1. The van der Waals surface area contributed by atoms with Crippen molar-refractivity contribution in [2.45, 2.75) is 33.2 Å². The highest BCUT2D eigenvalue weighted by atomic mass is 19.4. The highest BCUT2D eigenvalue weighted by molar-refractivity contribution is 5.36. The molecule has 5 heteroatoms. The molecule has 0 amide bonds. The van der Waals surface area contributed by atoms with Crippen molar-refractivity contribution in [1.29, 1.82) is 0 Å². The summed E-state index contributed by atoms with van der Waals surface area (Å²) in [6.07, 6.45) is -4.70. The Morgan fingerprint density at radius 1 is 1.12 bits per heavy atom. The van der Waals surface area contributed by atoms with E-state index in [-0.39, 0.29) is 11.2 Å². The van der Waals surface area contributed by atoms with Gasteiger partial charge in [0.05, 0.1) is 0 Å². The third-order valence-electron chi connectivity index (χ3n) is 2.41. The second-order valence-electron chi connectivity index (χ2n) is 4.93.